The minimum absolute atomic E-state index is 0.0969. The quantitative estimate of drug-likeness (QED) is 0.714. The molecule has 0 aromatic rings. The molecule has 3 nitrogen and oxygen atoms in total. The largest absolute Gasteiger partial charge is 0.395 e. The van der Waals surface area contributed by atoms with Crippen LogP contribution in [0, 0.1) is 11.8 Å². The molecule has 0 saturated heterocycles. The molecule has 0 aliphatic heterocycles. The van der Waals surface area contributed by atoms with Gasteiger partial charge in [-0.1, -0.05) is 6.92 Å². The molecule has 0 aromatic carbocycles. The molecule has 2 saturated carbocycles. The Morgan fingerprint density at radius 2 is 2.07 bits per heavy atom. The lowest BCUT2D eigenvalue weighted by atomic mass is 10.0. The van der Waals surface area contributed by atoms with Crippen molar-refractivity contribution < 1.29 is 9.90 Å². The van der Waals surface area contributed by atoms with Gasteiger partial charge in [0.1, 0.15) is 0 Å². The van der Waals surface area contributed by atoms with Crippen molar-refractivity contribution in [1.29, 1.82) is 0 Å². The Kier molecular flexibility index (Phi) is 2.77. The Morgan fingerprint density at radius 3 is 2.50 bits per heavy atom. The number of rotatable bonds is 5. The van der Waals surface area contributed by atoms with E-state index in [1.807, 2.05) is 11.8 Å². The van der Waals surface area contributed by atoms with Gasteiger partial charge in [0.2, 0.25) is 5.91 Å². The van der Waals surface area contributed by atoms with E-state index in [2.05, 4.69) is 0 Å². The number of aliphatic hydroxyl groups is 1. The molecule has 1 unspecified atom stereocenters. The molecule has 1 amide bonds. The number of hydrogen-bond acceptors (Lipinski definition) is 2. The van der Waals surface area contributed by atoms with Crippen molar-refractivity contribution in [2.24, 2.45) is 11.8 Å². The van der Waals surface area contributed by atoms with Crippen LogP contribution in [0.5, 0.6) is 0 Å². The van der Waals surface area contributed by atoms with Crippen LogP contribution in [0.1, 0.15) is 32.6 Å². The van der Waals surface area contributed by atoms with E-state index in [1.165, 1.54) is 12.8 Å². The van der Waals surface area contributed by atoms with Crippen LogP contribution in [0.4, 0.5) is 0 Å². The zero-order valence-electron chi connectivity index (χ0n) is 8.78. The molecule has 0 aromatic heterocycles. The number of aliphatic hydroxyl groups excluding tert-OH is 1. The van der Waals surface area contributed by atoms with Gasteiger partial charge in [0.05, 0.1) is 6.61 Å². The maximum absolute atomic E-state index is 12.0. The molecule has 2 rings (SSSR count). The molecule has 0 bridgehead atoms. The number of carbonyl (C=O) groups excluding carboxylic acids is 1. The van der Waals surface area contributed by atoms with Gasteiger partial charge in [-0.2, -0.15) is 0 Å². The van der Waals surface area contributed by atoms with Crippen molar-refractivity contribution in [3.63, 3.8) is 0 Å². The molecule has 2 aliphatic carbocycles. The van der Waals surface area contributed by atoms with Gasteiger partial charge in [-0.15, -0.1) is 0 Å². The van der Waals surface area contributed by atoms with Crippen LogP contribution in [0.3, 0.4) is 0 Å². The van der Waals surface area contributed by atoms with Crippen molar-refractivity contribution in [2.75, 3.05) is 13.2 Å². The summed E-state index contributed by atoms with van der Waals surface area (Å²) in [5.41, 5.74) is 0. The summed E-state index contributed by atoms with van der Waals surface area (Å²) in [7, 11) is 0. The van der Waals surface area contributed by atoms with Crippen molar-refractivity contribution in [2.45, 2.75) is 38.6 Å². The van der Waals surface area contributed by atoms with Crippen molar-refractivity contribution in [3.05, 3.63) is 0 Å². The zero-order valence-corrected chi connectivity index (χ0v) is 8.78. The summed E-state index contributed by atoms with van der Waals surface area (Å²) in [6.45, 7) is 2.66. The predicted molar refractivity (Wildman–Crippen MR) is 53.7 cm³/mol. The summed E-state index contributed by atoms with van der Waals surface area (Å²) < 4.78 is 0. The molecule has 2 fully saturated rings. The van der Waals surface area contributed by atoms with Crippen LogP contribution in [-0.2, 0) is 4.79 Å². The van der Waals surface area contributed by atoms with Crippen LogP contribution >= 0.6 is 0 Å². The molecule has 14 heavy (non-hydrogen) atoms. The second-order valence-corrected chi connectivity index (χ2v) is 4.61. The molecular weight excluding hydrogens is 178 g/mol. The van der Waals surface area contributed by atoms with E-state index in [-0.39, 0.29) is 18.4 Å². The highest BCUT2D eigenvalue weighted by molar-refractivity contribution is 5.79. The minimum atomic E-state index is 0.0969. The van der Waals surface area contributed by atoms with Gasteiger partial charge >= 0.3 is 0 Å². The summed E-state index contributed by atoms with van der Waals surface area (Å²) in [4.78, 5) is 13.9. The van der Waals surface area contributed by atoms with E-state index in [9.17, 15) is 4.79 Å². The van der Waals surface area contributed by atoms with Gasteiger partial charge in [0, 0.05) is 18.5 Å². The van der Waals surface area contributed by atoms with Gasteiger partial charge in [-0.05, 0) is 31.6 Å². The van der Waals surface area contributed by atoms with Gasteiger partial charge < -0.3 is 10.0 Å². The van der Waals surface area contributed by atoms with E-state index < -0.39 is 0 Å². The molecule has 1 N–H and O–H groups in total. The second kappa shape index (κ2) is 3.89. The smallest absolute Gasteiger partial charge is 0.226 e. The first kappa shape index (κ1) is 9.97. The molecular formula is C11H19NO2. The third-order valence-electron chi connectivity index (χ3n) is 3.33. The lowest BCUT2D eigenvalue weighted by Crippen LogP contribution is -2.39. The normalized spacial score (nSPS) is 23.3. The number of amides is 1. The summed E-state index contributed by atoms with van der Waals surface area (Å²) in [6, 6.07) is 0.441. The highest BCUT2D eigenvalue weighted by Gasteiger charge is 2.39. The monoisotopic (exact) mass is 197 g/mol. The third kappa shape index (κ3) is 2.08. The Hall–Kier alpha value is -0.570. The predicted octanol–water partition coefficient (Wildman–Crippen LogP) is 1.02. The topological polar surface area (TPSA) is 40.5 Å². The fraction of sp³-hybridized carbons (Fsp3) is 0.909. The Bertz CT molecular complexity index is 221. The highest BCUT2D eigenvalue weighted by atomic mass is 16.3. The van der Waals surface area contributed by atoms with E-state index in [0.29, 0.717) is 18.5 Å². The van der Waals surface area contributed by atoms with Gasteiger partial charge in [-0.3, -0.25) is 4.79 Å². The lowest BCUT2D eigenvalue weighted by Gasteiger charge is -2.24. The molecule has 3 heteroatoms. The van der Waals surface area contributed by atoms with Crippen molar-refractivity contribution in [1.82, 2.24) is 4.90 Å². The third-order valence-corrected chi connectivity index (χ3v) is 3.33. The zero-order chi connectivity index (χ0) is 10.1. The summed E-state index contributed by atoms with van der Waals surface area (Å²) in [5, 5.41) is 8.90. The fourth-order valence-corrected chi connectivity index (χ4v) is 2.03. The Morgan fingerprint density at radius 1 is 1.43 bits per heavy atom. The van der Waals surface area contributed by atoms with Crippen molar-refractivity contribution in [3.8, 4) is 0 Å². The van der Waals surface area contributed by atoms with Crippen LogP contribution in [-0.4, -0.2) is 35.1 Å². The fourth-order valence-electron chi connectivity index (χ4n) is 2.03. The van der Waals surface area contributed by atoms with Gasteiger partial charge in [-0.25, -0.2) is 0 Å². The maximum atomic E-state index is 12.0. The molecule has 1 atom stereocenters. The first-order valence-corrected chi connectivity index (χ1v) is 5.65. The van der Waals surface area contributed by atoms with Crippen LogP contribution in [0.15, 0.2) is 0 Å². The van der Waals surface area contributed by atoms with E-state index in [0.717, 1.165) is 12.8 Å². The van der Waals surface area contributed by atoms with Crippen molar-refractivity contribution >= 4 is 5.91 Å². The number of nitrogens with zero attached hydrogens (tertiary/aromatic N) is 1. The maximum Gasteiger partial charge on any atom is 0.226 e. The molecule has 2 aliphatic rings. The van der Waals surface area contributed by atoms with Gasteiger partial charge in [0.15, 0.2) is 0 Å². The first-order chi connectivity index (χ1) is 6.74. The van der Waals surface area contributed by atoms with Crippen LogP contribution in [0.25, 0.3) is 0 Å². The van der Waals surface area contributed by atoms with E-state index in [1.54, 1.807) is 0 Å². The summed E-state index contributed by atoms with van der Waals surface area (Å²) in [5.74, 6) is 1.08. The van der Waals surface area contributed by atoms with E-state index in [4.69, 9.17) is 5.11 Å². The van der Waals surface area contributed by atoms with Crippen LogP contribution in [0.2, 0.25) is 0 Å². The minimum Gasteiger partial charge on any atom is -0.395 e. The average Bonchev–Trinajstić information content (AvgIpc) is 3.05. The summed E-state index contributed by atoms with van der Waals surface area (Å²) >= 11 is 0. The summed E-state index contributed by atoms with van der Waals surface area (Å²) in [6.07, 6.45) is 4.68. The number of hydrogen-bond donors (Lipinski definition) is 1. The molecule has 0 heterocycles. The SMILES string of the molecule is CC(C(=O)N(CCO)C1CC1)C1CC1. The highest BCUT2D eigenvalue weighted by Crippen LogP contribution is 2.39. The van der Waals surface area contributed by atoms with Gasteiger partial charge in [0.25, 0.3) is 0 Å². The first-order valence-electron chi connectivity index (χ1n) is 5.65. The Balaban J connectivity index is 1.91. The van der Waals surface area contributed by atoms with E-state index >= 15 is 0 Å². The second-order valence-electron chi connectivity index (χ2n) is 4.61. The average molecular weight is 197 g/mol. The molecule has 80 valence electrons. The standard InChI is InChI=1S/C11H19NO2/c1-8(9-2-3-9)11(14)12(6-7-13)10-4-5-10/h8-10,13H,2-7H2,1H3. The lowest BCUT2D eigenvalue weighted by molar-refractivity contribution is -0.136. The molecule has 0 radical (unpaired) electrons. The number of carbonyl (C=O) groups is 1. The molecule has 0 spiro atoms. The Labute approximate surface area is 85.1 Å². The van der Waals surface area contributed by atoms with Crippen LogP contribution < -0.4 is 0 Å².